The van der Waals surface area contributed by atoms with Gasteiger partial charge in [-0.05, 0) is 60.4 Å². The first-order valence-electron chi connectivity index (χ1n) is 15.3. The second kappa shape index (κ2) is 15.4. The molecule has 2 aromatic carbocycles. The van der Waals surface area contributed by atoms with Crippen molar-refractivity contribution < 1.29 is 24.6 Å². The molecule has 0 aliphatic carbocycles. The Morgan fingerprint density at radius 3 is 2.23 bits per heavy atom. The number of unbranched alkanes of at least 4 members (excludes halogenated alkanes) is 1. The molecule has 0 bridgehead atoms. The van der Waals surface area contributed by atoms with Gasteiger partial charge in [-0.25, -0.2) is 4.79 Å². The fraction of sp³-hybridized carbons (Fsp3) is 0.545. The molecule has 1 spiro atoms. The molecule has 2 saturated heterocycles. The van der Waals surface area contributed by atoms with Gasteiger partial charge in [0.1, 0.15) is 11.6 Å². The molecule has 10 heteroatoms. The van der Waals surface area contributed by atoms with Crippen molar-refractivity contribution >= 4 is 41.8 Å². The van der Waals surface area contributed by atoms with Crippen molar-refractivity contribution in [1.29, 1.82) is 0 Å². The van der Waals surface area contributed by atoms with E-state index in [1.54, 1.807) is 17.0 Å². The fourth-order valence-corrected chi connectivity index (χ4v) is 6.64. The number of halogens is 2. The Labute approximate surface area is 266 Å². The van der Waals surface area contributed by atoms with Gasteiger partial charge in [-0.2, -0.15) is 0 Å². The average Bonchev–Trinajstić information content (AvgIpc) is 2.98. The zero-order valence-electron chi connectivity index (χ0n) is 25.4. The van der Waals surface area contributed by atoms with Crippen LogP contribution in [0, 0.1) is 5.92 Å². The van der Waals surface area contributed by atoms with E-state index in [0.717, 1.165) is 48.9 Å². The molecule has 8 nitrogen and oxygen atoms in total. The summed E-state index contributed by atoms with van der Waals surface area (Å²) in [5, 5.41) is 23.6. The summed E-state index contributed by atoms with van der Waals surface area (Å²) in [5.41, 5.74) is 2.41. The van der Waals surface area contributed by atoms with Gasteiger partial charge < -0.3 is 20.4 Å². The summed E-state index contributed by atoms with van der Waals surface area (Å²) < 4.78 is 0. The number of amides is 2. The molecular weight excluding hydrogens is 589 g/mol. The number of aliphatic hydroxyl groups is 1. The molecule has 2 aliphatic rings. The lowest BCUT2D eigenvalue weighted by Crippen LogP contribution is -2.75. The number of hydrogen-bond acceptors (Lipinski definition) is 5. The molecule has 2 atom stereocenters. The summed E-state index contributed by atoms with van der Waals surface area (Å²) in [6.45, 7) is 8.74. The maximum atomic E-state index is 13.7. The number of nitrogens with zero attached hydrogens (tertiary/aromatic N) is 2. The van der Waals surface area contributed by atoms with E-state index in [-0.39, 0.29) is 35.7 Å². The lowest BCUT2D eigenvalue weighted by molar-refractivity contribution is -0.165. The number of carbonyl (C=O) groups is 3. The number of aromatic carboxylic acids is 1. The minimum atomic E-state index is -0.999. The highest BCUT2D eigenvalue weighted by molar-refractivity contribution is 6.31. The van der Waals surface area contributed by atoms with Crippen LogP contribution in [0.2, 0.25) is 5.02 Å². The number of piperazine rings is 1. The van der Waals surface area contributed by atoms with Crippen LogP contribution in [0.3, 0.4) is 0 Å². The molecule has 0 unspecified atom stereocenters. The zero-order chi connectivity index (χ0) is 30.4. The van der Waals surface area contributed by atoms with Crippen LogP contribution < -0.4 is 5.32 Å². The van der Waals surface area contributed by atoms with E-state index in [1.165, 1.54) is 6.07 Å². The van der Waals surface area contributed by atoms with Gasteiger partial charge in [0.2, 0.25) is 11.8 Å². The summed E-state index contributed by atoms with van der Waals surface area (Å²) >= 11 is 6.32. The normalized spacial score (nSPS) is 19.3. The molecule has 2 heterocycles. The third-order valence-electron chi connectivity index (χ3n) is 9.17. The van der Waals surface area contributed by atoms with Gasteiger partial charge in [-0.3, -0.25) is 14.5 Å². The van der Waals surface area contributed by atoms with Gasteiger partial charge >= 0.3 is 5.97 Å². The van der Waals surface area contributed by atoms with Crippen molar-refractivity contribution in [3.8, 4) is 0 Å². The molecular formula is C33H45Cl2N3O5. The third-order valence-corrected chi connectivity index (χ3v) is 9.53. The fourth-order valence-electron chi connectivity index (χ4n) is 6.40. The second-order valence-electron chi connectivity index (χ2n) is 11.8. The SMILES string of the molecule is CCCCN1C(=O)[C@@H]([C@H](O)C(CC)CC)NC(=O)C12CCN(Cc1ccc(Cc3ccc(C(=O)O)cc3Cl)cc1)CC2.Cl. The van der Waals surface area contributed by atoms with Crippen LogP contribution >= 0.6 is 24.0 Å². The van der Waals surface area contributed by atoms with Crippen LogP contribution in [0.1, 0.15) is 86.3 Å². The topological polar surface area (TPSA) is 110 Å². The van der Waals surface area contributed by atoms with Gasteiger partial charge in [-0.1, -0.05) is 82.0 Å². The van der Waals surface area contributed by atoms with E-state index >= 15 is 0 Å². The van der Waals surface area contributed by atoms with Gasteiger partial charge in [-0.15, -0.1) is 12.4 Å². The molecule has 2 aromatic rings. The van der Waals surface area contributed by atoms with Crippen molar-refractivity contribution in [3.05, 3.63) is 69.7 Å². The number of piperidine rings is 1. The number of benzene rings is 2. The van der Waals surface area contributed by atoms with Crippen LogP contribution in [-0.4, -0.2) is 75.1 Å². The maximum absolute atomic E-state index is 13.7. The summed E-state index contributed by atoms with van der Waals surface area (Å²) in [5.74, 6) is -1.32. The van der Waals surface area contributed by atoms with E-state index in [4.69, 9.17) is 16.7 Å². The van der Waals surface area contributed by atoms with E-state index in [1.807, 2.05) is 13.8 Å². The predicted molar refractivity (Wildman–Crippen MR) is 171 cm³/mol. The molecule has 0 aromatic heterocycles. The number of aliphatic hydroxyl groups excluding tert-OH is 1. The lowest BCUT2D eigenvalue weighted by atomic mass is 9.79. The maximum Gasteiger partial charge on any atom is 0.335 e. The highest BCUT2D eigenvalue weighted by atomic mass is 35.5. The summed E-state index contributed by atoms with van der Waals surface area (Å²) in [4.78, 5) is 42.7. The molecule has 2 fully saturated rings. The largest absolute Gasteiger partial charge is 0.478 e. The van der Waals surface area contributed by atoms with Crippen molar-refractivity contribution in [1.82, 2.24) is 15.1 Å². The molecule has 0 radical (unpaired) electrons. The number of likely N-dealkylation sites (tertiary alicyclic amines) is 1. The number of nitrogens with one attached hydrogen (secondary N) is 1. The summed E-state index contributed by atoms with van der Waals surface area (Å²) in [6, 6.07) is 12.2. The smallest absolute Gasteiger partial charge is 0.335 e. The van der Waals surface area contributed by atoms with Crippen molar-refractivity contribution in [2.24, 2.45) is 5.92 Å². The van der Waals surface area contributed by atoms with Crippen LogP contribution in [0.5, 0.6) is 0 Å². The lowest BCUT2D eigenvalue weighted by Gasteiger charge is -2.52. The molecule has 4 rings (SSSR count). The third kappa shape index (κ3) is 7.72. The van der Waals surface area contributed by atoms with Crippen LogP contribution in [0.25, 0.3) is 0 Å². The Hall–Kier alpha value is -2.65. The monoisotopic (exact) mass is 633 g/mol. The van der Waals surface area contributed by atoms with E-state index in [2.05, 4.69) is 41.4 Å². The van der Waals surface area contributed by atoms with E-state index in [9.17, 15) is 19.5 Å². The highest BCUT2D eigenvalue weighted by Gasteiger charge is 2.55. The molecule has 2 aliphatic heterocycles. The summed E-state index contributed by atoms with van der Waals surface area (Å²) in [7, 11) is 0. The second-order valence-corrected chi connectivity index (χ2v) is 12.2. The molecule has 43 heavy (non-hydrogen) atoms. The Morgan fingerprint density at radius 1 is 1.05 bits per heavy atom. The Kier molecular flexibility index (Phi) is 12.5. The molecule has 2 amide bonds. The summed E-state index contributed by atoms with van der Waals surface area (Å²) in [6.07, 6.45) is 4.08. The van der Waals surface area contributed by atoms with Crippen molar-refractivity contribution in [3.63, 3.8) is 0 Å². The predicted octanol–water partition coefficient (Wildman–Crippen LogP) is 5.31. The Morgan fingerprint density at radius 2 is 1.67 bits per heavy atom. The molecule has 3 N–H and O–H groups in total. The zero-order valence-corrected chi connectivity index (χ0v) is 26.9. The Bertz CT molecular complexity index is 1260. The first-order chi connectivity index (χ1) is 20.1. The van der Waals surface area contributed by atoms with Gasteiger partial charge in [0, 0.05) is 31.2 Å². The number of carbonyl (C=O) groups excluding carboxylic acids is 2. The average molecular weight is 635 g/mol. The van der Waals surface area contributed by atoms with Gasteiger partial charge in [0.05, 0.1) is 11.7 Å². The van der Waals surface area contributed by atoms with Crippen molar-refractivity contribution in [2.45, 2.75) is 89.9 Å². The number of carboxylic acids is 1. The standard InChI is InChI=1S/C33H44ClN3O5.ClH/c1-4-7-16-37-30(39)28(29(38)24(5-2)6-3)35-32(42)33(37)14-17-36(18-15-33)21-23-10-8-22(9-11-23)19-25-12-13-26(31(40)41)20-27(25)34;/h8-13,20,24,28-29,38H,4-7,14-19,21H2,1-3H3,(H,35,42)(H,40,41);1H/t28-,29-;/m1./s1. The van der Waals surface area contributed by atoms with E-state index < -0.39 is 23.7 Å². The van der Waals surface area contributed by atoms with Gasteiger partial charge in [0.15, 0.2) is 0 Å². The number of carboxylic acid groups (broad SMARTS) is 1. The first-order valence-corrected chi connectivity index (χ1v) is 15.6. The van der Waals surface area contributed by atoms with Crippen LogP contribution in [0.4, 0.5) is 0 Å². The Balaban J connectivity index is 0.00000506. The van der Waals surface area contributed by atoms with Crippen LogP contribution in [0.15, 0.2) is 42.5 Å². The molecule has 0 saturated carbocycles. The first kappa shape index (κ1) is 34.8. The van der Waals surface area contributed by atoms with Crippen LogP contribution in [-0.2, 0) is 22.6 Å². The van der Waals surface area contributed by atoms with Crippen molar-refractivity contribution in [2.75, 3.05) is 19.6 Å². The minimum Gasteiger partial charge on any atom is -0.478 e. The molecule has 236 valence electrons. The quantitative estimate of drug-likeness (QED) is 0.292. The highest BCUT2D eigenvalue weighted by Crippen LogP contribution is 2.35. The number of hydrogen-bond donors (Lipinski definition) is 3. The van der Waals surface area contributed by atoms with Gasteiger partial charge in [0.25, 0.3) is 0 Å². The van der Waals surface area contributed by atoms with E-state index in [0.29, 0.717) is 43.9 Å². The number of rotatable bonds is 12. The minimum absolute atomic E-state index is 0.